The number of nitro groups is 2. The molecule has 20 heavy (non-hydrogen) atoms. The number of nitrogens with zero attached hydrogens (tertiary/aromatic N) is 2. The highest BCUT2D eigenvalue weighted by atomic mass is 35.5. The van der Waals surface area contributed by atoms with Crippen molar-refractivity contribution in [1.29, 1.82) is 0 Å². The zero-order valence-electron chi connectivity index (χ0n) is 9.90. The zero-order valence-corrected chi connectivity index (χ0v) is 11.4. The maximum atomic E-state index is 10.1. The first-order valence-corrected chi connectivity index (χ1v) is 5.96. The van der Waals surface area contributed by atoms with Crippen LogP contribution in [0, 0.1) is 20.2 Å². The first-order chi connectivity index (χ1) is 9.41. The monoisotopic (exact) mass is 314 g/mol. The normalized spacial score (nSPS) is 9.30. The largest absolute Gasteiger partial charge is 0.287 e. The summed E-state index contributed by atoms with van der Waals surface area (Å²) >= 11 is 11.0. The lowest BCUT2D eigenvalue weighted by Gasteiger charge is -1.90. The van der Waals surface area contributed by atoms with Crippen molar-refractivity contribution >= 4 is 34.6 Å². The van der Waals surface area contributed by atoms with Gasteiger partial charge in [0.15, 0.2) is 0 Å². The Morgan fingerprint density at radius 2 is 1.50 bits per heavy atom. The van der Waals surface area contributed by atoms with Crippen LogP contribution in [0.1, 0.15) is 0 Å². The van der Waals surface area contributed by atoms with E-state index in [4.69, 9.17) is 23.2 Å². The van der Waals surface area contributed by atoms with Crippen LogP contribution < -0.4 is 0 Å². The smallest absolute Gasteiger partial charge is 0.258 e. The number of nitro benzene ring substituents is 2. The fraction of sp³-hybridized carbons (Fsp3) is 0. The van der Waals surface area contributed by atoms with Crippen LogP contribution in [0.25, 0.3) is 0 Å². The fourth-order valence-electron chi connectivity index (χ4n) is 1.19. The van der Waals surface area contributed by atoms with E-state index in [0.717, 1.165) is 0 Å². The molecule has 2 aromatic rings. The minimum Gasteiger partial charge on any atom is -0.258 e. The quantitative estimate of drug-likeness (QED) is 0.603. The molecule has 0 saturated carbocycles. The summed E-state index contributed by atoms with van der Waals surface area (Å²) in [5, 5.41) is 20.8. The van der Waals surface area contributed by atoms with Gasteiger partial charge in [0, 0.05) is 23.2 Å². The van der Waals surface area contributed by atoms with Gasteiger partial charge in [0.1, 0.15) is 5.02 Å². The summed E-state index contributed by atoms with van der Waals surface area (Å²) in [7, 11) is 0. The van der Waals surface area contributed by atoms with Gasteiger partial charge in [-0.3, -0.25) is 20.2 Å². The van der Waals surface area contributed by atoms with Gasteiger partial charge in [-0.25, -0.2) is 0 Å². The van der Waals surface area contributed by atoms with Gasteiger partial charge in [-0.2, -0.15) is 0 Å². The highest BCUT2D eigenvalue weighted by Crippen LogP contribution is 2.22. The molecule has 0 radical (unpaired) electrons. The van der Waals surface area contributed by atoms with Gasteiger partial charge < -0.3 is 0 Å². The molecule has 8 heteroatoms. The summed E-state index contributed by atoms with van der Waals surface area (Å²) in [4.78, 5) is 19.3. The Kier molecular flexibility index (Phi) is 5.89. The molecule has 0 N–H and O–H groups in total. The third-order valence-corrected chi connectivity index (χ3v) is 2.62. The average Bonchev–Trinajstić information content (AvgIpc) is 2.39. The maximum absolute atomic E-state index is 10.1. The Bertz CT molecular complexity index is 634. The van der Waals surface area contributed by atoms with Gasteiger partial charge >= 0.3 is 0 Å². The van der Waals surface area contributed by atoms with E-state index >= 15 is 0 Å². The highest BCUT2D eigenvalue weighted by molar-refractivity contribution is 6.32. The van der Waals surface area contributed by atoms with E-state index < -0.39 is 9.85 Å². The molecule has 2 rings (SSSR count). The molecule has 6 nitrogen and oxygen atoms in total. The SMILES string of the molecule is O=[N+]([O-])c1cccc(Cl)c1.O=[N+]([O-])c1ccccc1Cl. The summed E-state index contributed by atoms with van der Waals surface area (Å²) in [6, 6.07) is 11.9. The van der Waals surface area contributed by atoms with E-state index in [-0.39, 0.29) is 16.4 Å². The van der Waals surface area contributed by atoms with Crippen LogP contribution in [-0.4, -0.2) is 9.85 Å². The van der Waals surface area contributed by atoms with Gasteiger partial charge in [-0.15, -0.1) is 0 Å². The van der Waals surface area contributed by atoms with E-state index in [1.54, 1.807) is 24.3 Å². The van der Waals surface area contributed by atoms with Crippen molar-refractivity contribution in [2.75, 3.05) is 0 Å². The highest BCUT2D eigenvalue weighted by Gasteiger charge is 2.08. The summed E-state index contributed by atoms with van der Waals surface area (Å²) in [6.45, 7) is 0. The zero-order chi connectivity index (χ0) is 15.1. The molecule has 0 fully saturated rings. The molecule has 0 aromatic heterocycles. The van der Waals surface area contributed by atoms with Gasteiger partial charge in [-0.05, 0) is 12.1 Å². The molecule has 0 aliphatic heterocycles. The second kappa shape index (κ2) is 7.42. The molecule has 104 valence electrons. The predicted octanol–water partition coefficient (Wildman–Crippen LogP) is 4.50. The fourth-order valence-corrected chi connectivity index (χ4v) is 1.58. The van der Waals surface area contributed by atoms with E-state index in [2.05, 4.69) is 0 Å². The van der Waals surface area contributed by atoms with Crippen molar-refractivity contribution in [1.82, 2.24) is 0 Å². The van der Waals surface area contributed by atoms with Crippen LogP contribution in [0.4, 0.5) is 11.4 Å². The molecular formula is C12H8Cl2N2O4. The van der Waals surface area contributed by atoms with E-state index in [0.29, 0.717) is 5.02 Å². The number of benzene rings is 2. The molecule has 0 spiro atoms. The summed E-state index contributed by atoms with van der Waals surface area (Å²) < 4.78 is 0. The molecule has 0 saturated heterocycles. The Balaban J connectivity index is 0.000000200. The standard InChI is InChI=1S/2C6H4ClNO2/c7-5-2-1-3-6(4-5)8(9)10;7-5-3-1-2-4-6(5)8(9)10/h2*1-4H. The lowest BCUT2D eigenvalue weighted by Crippen LogP contribution is -1.87. The molecule has 0 aliphatic rings. The summed E-state index contributed by atoms with van der Waals surface area (Å²) in [6.07, 6.45) is 0. The second-order valence-corrected chi connectivity index (χ2v) is 4.29. The number of hydrogen-bond donors (Lipinski definition) is 0. The van der Waals surface area contributed by atoms with Crippen molar-refractivity contribution in [3.8, 4) is 0 Å². The summed E-state index contributed by atoms with van der Waals surface area (Å²) in [5.41, 5.74) is -0.0309. The number of rotatable bonds is 2. The molecular weight excluding hydrogens is 307 g/mol. The predicted molar refractivity (Wildman–Crippen MR) is 76.2 cm³/mol. The van der Waals surface area contributed by atoms with Crippen LogP contribution in [0.3, 0.4) is 0 Å². The van der Waals surface area contributed by atoms with Crippen LogP contribution in [-0.2, 0) is 0 Å². The Labute approximate surface area is 123 Å². The van der Waals surface area contributed by atoms with Crippen LogP contribution in [0.2, 0.25) is 10.0 Å². The molecule has 0 bridgehead atoms. The number of halogens is 2. The van der Waals surface area contributed by atoms with Crippen molar-refractivity contribution in [2.45, 2.75) is 0 Å². The minimum absolute atomic E-state index is 0.0208. The third kappa shape index (κ3) is 4.83. The Morgan fingerprint density at radius 3 is 1.90 bits per heavy atom. The van der Waals surface area contributed by atoms with Crippen molar-refractivity contribution in [3.05, 3.63) is 78.8 Å². The van der Waals surface area contributed by atoms with Crippen LogP contribution >= 0.6 is 23.2 Å². The minimum atomic E-state index is -0.512. The second-order valence-electron chi connectivity index (χ2n) is 3.45. The number of hydrogen-bond acceptors (Lipinski definition) is 4. The van der Waals surface area contributed by atoms with E-state index in [1.165, 1.54) is 24.3 Å². The van der Waals surface area contributed by atoms with Crippen molar-refractivity contribution in [3.63, 3.8) is 0 Å². The first-order valence-electron chi connectivity index (χ1n) is 5.20. The average molecular weight is 315 g/mol. The van der Waals surface area contributed by atoms with Crippen LogP contribution in [0.15, 0.2) is 48.5 Å². The maximum Gasteiger partial charge on any atom is 0.287 e. The molecule has 2 aromatic carbocycles. The first kappa shape index (κ1) is 15.9. The Hall–Kier alpha value is -2.18. The number of para-hydroxylation sites is 1. The molecule has 0 atom stereocenters. The molecule has 0 amide bonds. The van der Waals surface area contributed by atoms with Gasteiger partial charge in [0.05, 0.1) is 9.85 Å². The molecule has 0 unspecified atom stereocenters. The van der Waals surface area contributed by atoms with E-state index in [9.17, 15) is 20.2 Å². The Morgan fingerprint density at radius 1 is 0.850 bits per heavy atom. The van der Waals surface area contributed by atoms with E-state index in [1.807, 2.05) is 0 Å². The van der Waals surface area contributed by atoms with Crippen molar-refractivity contribution in [2.24, 2.45) is 0 Å². The van der Waals surface area contributed by atoms with Crippen molar-refractivity contribution < 1.29 is 9.85 Å². The van der Waals surface area contributed by atoms with Gasteiger partial charge in [-0.1, -0.05) is 41.4 Å². The van der Waals surface area contributed by atoms with Gasteiger partial charge in [0.25, 0.3) is 11.4 Å². The lowest BCUT2D eigenvalue weighted by molar-refractivity contribution is -0.385. The molecule has 0 aliphatic carbocycles. The van der Waals surface area contributed by atoms with Gasteiger partial charge in [0.2, 0.25) is 0 Å². The topological polar surface area (TPSA) is 86.3 Å². The third-order valence-electron chi connectivity index (χ3n) is 2.07. The lowest BCUT2D eigenvalue weighted by atomic mass is 10.3. The number of non-ortho nitro benzene ring substituents is 1. The van der Waals surface area contributed by atoms with Crippen LogP contribution in [0.5, 0.6) is 0 Å². The summed E-state index contributed by atoms with van der Waals surface area (Å²) in [5.74, 6) is 0. The molecule has 0 heterocycles.